The number of carbonyl (C=O) groups excluding carboxylic acids is 2. The second kappa shape index (κ2) is 6.02. The number of nitrogens with one attached hydrogen (secondary N) is 1. The average Bonchev–Trinajstić information content (AvgIpc) is 3.28. The summed E-state index contributed by atoms with van der Waals surface area (Å²) in [6, 6.07) is 1.53. The molecule has 132 valence electrons. The fraction of sp³-hybridized carbons (Fsp3) is 0.529. The van der Waals surface area contributed by atoms with E-state index in [1.54, 1.807) is 29.0 Å². The molecule has 2 aromatic heterocycles. The van der Waals surface area contributed by atoms with Gasteiger partial charge in [-0.1, -0.05) is 0 Å². The van der Waals surface area contributed by atoms with Crippen LogP contribution in [0.1, 0.15) is 47.1 Å². The van der Waals surface area contributed by atoms with Gasteiger partial charge in [-0.15, -0.1) is 0 Å². The molecule has 8 heteroatoms. The lowest BCUT2D eigenvalue weighted by Gasteiger charge is -2.39. The van der Waals surface area contributed by atoms with Crippen molar-refractivity contribution in [2.24, 2.45) is 7.05 Å². The number of likely N-dealkylation sites (tertiary alicyclic amines) is 1. The number of nitrogens with zero attached hydrogens (tertiary/aromatic N) is 5. The van der Waals surface area contributed by atoms with Gasteiger partial charge in [0.2, 0.25) is 5.91 Å². The van der Waals surface area contributed by atoms with Crippen molar-refractivity contribution in [2.45, 2.75) is 44.3 Å². The van der Waals surface area contributed by atoms with E-state index in [2.05, 4.69) is 15.5 Å². The third kappa shape index (κ3) is 2.61. The number of piperidine rings is 1. The first-order valence-electron chi connectivity index (χ1n) is 8.65. The Morgan fingerprint density at radius 1 is 1.28 bits per heavy atom. The van der Waals surface area contributed by atoms with Crippen LogP contribution in [0, 0.1) is 0 Å². The number of fused-ring (bicyclic) bond motifs is 1. The fourth-order valence-corrected chi connectivity index (χ4v) is 3.97. The van der Waals surface area contributed by atoms with Crippen LogP contribution >= 0.6 is 0 Å². The van der Waals surface area contributed by atoms with Gasteiger partial charge in [0, 0.05) is 33.3 Å². The maximum absolute atomic E-state index is 12.8. The Kier molecular flexibility index (Phi) is 3.82. The number of rotatable bonds is 3. The second-order valence-electron chi connectivity index (χ2n) is 6.78. The van der Waals surface area contributed by atoms with E-state index in [0.717, 1.165) is 30.8 Å². The van der Waals surface area contributed by atoms with Crippen LogP contribution in [-0.4, -0.2) is 49.4 Å². The van der Waals surface area contributed by atoms with Gasteiger partial charge in [0.15, 0.2) is 0 Å². The van der Waals surface area contributed by atoms with Crippen LogP contribution < -0.4 is 5.32 Å². The van der Waals surface area contributed by atoms with Crippen LogP contribution in [0.4, 0.5) is 0 Å². The van der Waals surface area contributed by atoms with Gasteiger partial charge in [0.05, 0.1) is 35.2 Å². The Morgan fingerprint density at radius 3 is 2.88 bits per heavy atom. The van der Waals surface area contributed by atoms with Crippen molar-refractivity contribution >= 4 is 11.8 Å². The third-order valence-electron chi connectivity index (χ3n) is 5.32. The van der Waals surface area contributed by atoms with Crippen molar-refractivity contribution in [2.75, 3.05) is 7.05 Å². The first-order chi connectivity index (χ1) is 12.1. The summed E-state index contributed by atoms with van der Waals surface area (Å²) in [5.41, 5.74) is 2.58. The minimum absolute atomic E-state index is 0.0862. The molecule has 4 rings (SSSR count). The number of aryl methyl sites for hydroxylation is 2. The number of aromatic nitrogens is 4. The molecule has 8 nitrogen and oxygen atoms in total. The topological polar surface area (TPSA) is 85.1 Å². The zero-order chi connectivity index (χ0) is 17.6. The Balaban J connectivity index is 1.60. The predicted octanol–water partition coefficient (Wildman–Crippen LogP) is 0.655. The molecule has 4 heterocycles. The average molecular weight is 342 g/mol. The minimum Gasteiger partial charge on any atom is -0.347 e. The summed E-state index contributed by atoms with van der Waals surface area (Å²) in [7, 11) is 3.64. The van der Waals surface area contributed by atoms with Crippen molar-refractivity contribution in [3.8, 4) is 0 Å². The molecule has 0 aromatic carbocycles. The first kappa shape index (κ1) is 15.9. The molecule has 1 saturated heterocycles. The van der Waals surface area contributed by atoms with E-state index in [1.807, 2.05) is 17.8 Å². The Bertz CT molecular complexity index is 823. The van der Waals surface area contributed by atoms with Gasteiger partial charge < -0.3 is 10.2 Å². The molecule has 2 atom stereocenters. The maximum Gasteiger partial charge on any atom is 0.255 e. The van der Waals surface area contributed by atoms with Crippen LogP contribution in [0.25, 0.3) is 0 Å². The third-order valence-corrected chi connectivity index (χ3v) is 5.32. The molecule has 0 saturated carbocycles. The molecule has 0 aliphatic carbocycles. The van der Waals surface area contributed by atoms with Gasteiger partial charge in [0.25, 0.3) is 5.91 Å². The number of carbonyl (C=O) groups is 2. The van der Waals surface area contributed by atoms with Crippen LogP contribution in [0.5, 0.6) is 0 Å². The SMILES string of the molecule is CN1C(=O)CC[C@@H](NC(=O)c2cnn3c2CCC3)[C@@H]1c1ccnn1C. The van der Waals surface area contributed by atoms with E-state index in [4.69, 9.17) is 0 Å². The molecular weight excluding hydrogens is 320 g/mol. The Labute approximate surface area is 145 Å². The molecule has 1 fully saturated rings. The highest BCUT2D eigenvalue weighted by Crippen LogP contribution is 2.31. The zero-order valence-corrected chi connectivity index (χ0v) is 14.5. The largest absolute Gasteiger partial charge is 0.347 e. The summed E-state index contributed by atoms with van der Waals surface area (Å²) in [5.74, 6) is -0.0220. The fourth-order valence-electron chi connectivity index (χ4n) is 3.97. The smallest absolute Gasteiger partial charge is 0.255 e. The van der Waals surface area contributed by atoms with Gasteiger partial charge in [-0.3, -0.25) is 19.0 Å². The molecule has 2 amide bonds. The molecule has 2 aliphatic heterocycles. The molecule has 2 aliphatic rings. The standard InChI is InChI=1S/C17H22N6O2/c1-21-15(24)6-5-12(16(21)14-7-8-18-22(14)2)20-17(25)11-10-19-23-9-3-4-13(11)23/h7-8,10,12,16H,3-6,9H2,1-2H3,(H,20,25)/t12-,16-/m1/s1. The van der Waals surface area contributed by atoms with Crippen molar-refractivity contribution in [3.63, 3.8) is 0 Å². The zero-order valence-electron chi connectivity index (χ0n) is 14.5. The predicted molar refractivity (Wildman–Crippen MR) is 89.8 cm³/mol. The minimum atomic E-state index is -0.221. The quantitative estimate of drug-likeness (QED) is 0.888. The van der Waals surface area contributed by atoms with E-state index in [0.29, 0.717) is 18.4 Å². The normalized spacial score (nSPS) is 23.0. The van der Waals surface area contributed by atoms with Crippen LogP contribution in [-0.2, 0) is 24.8 Å². The summed E-state index contributed by atoms with van der Waals surface area (Å²) < 4.78 is 3.67. The molecule has 0 unspecified atom stereocenters. The molecule has 25 heavy (non-hydrogen) atoms. The Morgan fingerprint density at radius 2 is 2.12 bits per heavy atom. The summed E-state index contributed by atoms with van der Waals surface area (Å²) in [5, 5.41) is 11.7. The van der Waals surface area contributed by atoms with E-state index >= 15 is 0 Å². The highest BCUT2D eigenvalue weighted by Gasteiger charge is 2.37. The second-order valence-corrected chi connectivity index (χ2v) is 6.78. The lowest BCUT2D eigenvalue weighted by Crippen LogP contribution is -2.51. The van der Waals surface area contributed by atoms with Gasteiger partial charge in [-0.25, -0.2) is 0 Å². The van der Waals surface area contributed by atoms with Crippen LogP contribution in [0.15, 0.2) is 18.5 Å². The van der Waals surface area contributed by atoms with Crippen molar-refractivity contribution < 1.29 is 9.59 Å². The van der Waals surface area contributed by atoms with Gasteiger partial charge >= 0.3 is 0 Å². The molecule has 1 N–H and O–H groups in total. The summed E-state index contributed by atoms with van der Waals surface area (Å²) in [4.78, 5) is 26.7. The van der Waals surface area contributed by atoms with Crippen LogP contribution in [0.2, 0.25) is 0 Å². The lowest BCUT2D eigenvalue weighted by atomic mass is 9.93. The molecule has 0 spiro atoms. The number of likely N-dealkylation sites (N-methyl/N-ethyl adjacent to an activating group) is 1. The van der Waals surface area contributed by atoms with E-state index < -0.39 is 0 Å². The van der Waals surface area contributed by atoms with Gasteiger partial charge in [0.1, 0.15) is 0 Å². The highest BCUT2D eigenvalue weighted by atomic mass is 16.2. The van der Waals surface area contributed by atoms with Crippen molar-refractivity contribution in [3.05, 3.63) is 35.4 Å². The summed E-state index contributed by atoms with van der Waals surface area (Å²) in [6.45, 7) is 0.876. The molecule has 0 radical (unpaired) electrons. The van der Waals surface area contributed by atoms with Gasteiger partial charge in [-0.2, -0.15) is 10.2 Å². The highest BCUT2D eigenvalue weighted by molar-refractivity contribution is 5.95. The summed E-state index contributed by atoms with van der Waals surface area (Å²) in [6.07, 6.45) is 6.33. The van der Waals surface area contributed by atoms with E-state index in [1.165, 1.54) is 0 Å². The summed E-state index contributed by atoms with van der Waals surface area (Å²) >= 11 is 0. The number of hydrogen-bond acceptors (Lipinski definition) is 4. The van der Waals surface area contributed by atoms with E-state index in [9.17, 15) is 9.59 Å². The molecular formula is C17H22N6O2. The molecule has 2 aromatic rings. The monoisotopic (exact) mass is 342 g/mol. The number of amides is 2. The van der Waals surface area contributed by atoms with E-state index in [-0.39, 0.29) is 23.9 Å². The number of hydrogen-bond donors (Lipinski definition) is 1. The van der Waals surface area contributed by atoms with Crippen molar-refractivity contribution in [1.29, 1.82) is 0 Å². The Hall–Kier alpha value is -2.64. The molecule has 0 bridgehead atoms. The van der Waals surface area contributed by atoms with Crippen molar-refractivity contribution in [1.82, 2.24) is 29.8 Å². The lowest BCUT2D eigenvalue weighted by molar-refractivity contribution is -0.136. The first-order valence-corrected chi connectivity index (χ1v) is 8.65. The van der Waals surface area contributed by atoms with Crippen LogP contribution in [0.3, 0.4) is 0 Å². The van der Waals surface area contributed by atoms with Gasteiger partial charge in [-0.05, 0) is 25.3 Å². The maximum atomic E-state index is 12.8.